The van der Waals surface area contributed by atoms with Crippen LogP contribution in [0.15, 0.2) is 29.2 Å². The summed E-state index contributed by atoms with van der Waals surface area (Å²) < 4.78 is 24.2. The molecule has 0 bridgehead atoms. The zero-order chi connectivity index (χ0) is 12.1. The Morgan fingerprint density at radius 1 is 1.35 bits per heavy atom. The highest BCUT2D eigenvalue weighted by atomic mass is 32.2. The van der Waals surface area contributed by atoms with Gasteiger partial charge in [-0.1, -0.05) is 11.8 Å². The van der Waals surface area contributed by atoms with Gasteiger partial charge in [0.25, 0.3) is 5.76 Å². The summed E-state index contributed by atoms with van der Waals surface area (Å²) >= 11 is 0.577. The lowest BCUT2D eigenvalue weighted by Crippen LogP contribution is -2.29. The minimum Gasteiger partial charge on any atom is -0.383 e. The monoisotopic (exact) mass is 258 g/mol. The molecule has 1 aliphatic heterocycles. The first-order chi connectivity index (χ1) is 8.24. The van der Waals surface area contributed by atoms with Gasteiger partial charge >= 0.3 is 0 Å². The molecule has 5 heteroatoms. The number of benzene rings is 1. The topological polar surface area (TPSA) is 24.1 Å². The second kappa shape index (κ2) is 6.21. The van der Waals surface area contributed by atoms with E-state index in [2.05, 4.69) is 10.6 Å². The largest absolute Gasteiger partial charge is 0.383 e. The number of hydrogen-bond acceptors (Lipinski definition) is 3. The Labute approximate surface area is 104 Å². The molecule has 2 rings (SSSR count). The smallest absolute Gasteiger partial charge is 0.288 e. The van der Waals surface area contributed by atoms with Crippen LogP contribution < -0.4 is 10.6 Å². The summed E-state index contributed by atoms with van der Waals surface area (Å²) in [4.78, 5) is 0.601. The molecular formula is C12H16F2N2S. The minimum absolute atomic E-state index is 0.533. The second-order valence-electron chi connectivity index (χ2n) is 4.08. The molecule has 0 amide bonds. The number of thioether (sulfide) groups is 1. The first-order valence-electron chi connectivity index (χ1n) is 5.76. The molecule has 1 aliphatic rings. The highest BCUT2D eigenvalue weighted by Gasteiger charge is 2.13. The fourth-order valence-corrected chi connectivity index (χ4v) is 2.43. The average Bonchev–Trinajstić information content (AvgIpc) is 2.80. The first-order valence-corrected chi connectivity index (χ1v) is 6.64. The van der Waals surface area contributed by atoms with Crippen LogP contribution in [0, 0.1) is 0 Å². The maximum absolute atomic E-state index is 12.1. The van der Waals surface area contributed by atoms with Crippen molar-refractivity contribution in [3.63, 3.8) is 0 Å². The molecule has 2 N–H and O–H groups in total. The molecule has 0 radical (unpaired) electrons. The molecule has 17 heavy (non-hydrogen) atoms. The van der Waals surface area contributed by atoms with Crippen molar-refractivity contribution in [1.82, 2.24) is 5.32 Å². The van der Waals surface area contributed by atoms with Gasteiger partial charge in [0.15, 0.2) is 0 Å². The third-order valence-corrected chi connectivity index (χ3v) is 3.52. The Morgan fingerprint density at radius 3 is 2.71 bits per heavy atom. The van der Waals surface area contributed by atoms with Gasteiger partial charge < -0.3 is 10.6 Å². The van der Waals surface area contributed by atoms with Crippen LogP contribution >= 0.6 is 11.8 Å². The predicted molar refractivity (Wildman–Crippen MR) is 67.8 cm³/mol. The molecule has 1 fully saturated rings. The van der Waals surface area contributed by atoms with Gasteiger partial charge in [0.05, 0.1) is 0 Å². The number of halogens is 2. The van der Waals surface area contributed by atoms with Gasteiger partial charge in [-0.25, -0.2) is 0 Å². The van der Waals surface area contributed by atoms with E-state index in [1.165, 1.54) is 12.8 Å². The molecule has 1 aromatic rings. The van der Waals surface area contributed by atoms with Crippen molar-refractivity contribution >= 4 is 17.4 Å². The third-order valence-electron chi connectivity index (χ3n) is 2.79. The number of nitrogens with one attached hydrogen (secondary N) is 2. The van der Waals surface area contributed by atoms with E-state index in [1.54, 1.807) is 12.1 Å². The van der Waals surface area contributed by atoms with Crippen LogP contribution in [-0.2, 0) is 0 Å². The minimum atomic E-state index is -2.35. The SMILES string of the molecule is FC(F)Sc1ccc(NCC2CCCN2)cc1. The molecule has 1 unspecified atom stereocenters. The average molecular weight is 258 g/mol. The molecule has 0 saturated carbocycles. The van der Waals surface area contributed by atoms with E-state index in [4.69, 9.17) is 0 Å². The van der Waals surface area contributed by atoms with Crippen LogP contribution in [-0.4, -0.2) is 24.9 Å². The Hall–Kier alpha value is -0.810. The van der Waals surface area contributed by atoms with Crippen LogP contribution in [0.1, 0.15) is 12.8 Å². The number of rotatable bonds is 5. The Bertz CT molecular complexity index is 337. The normalized spacial score (nSPS) is 19.8. The van der Waals surface area contributed by atoms with Gasteiger partial charge in [-0.05, 0) is 43.7 Å². The molecule has 1 atom stereocenters. The van der Waals surface area contributed by atoms with Crippen molar-refractivity contribution in [2.45, 2.75) is 29.5 Å². The predicted octanol–water partition coefficient (Wildman–Crippen LogP) is 3.17. The van der Waals surface area contributed by atoms with E-state index in [1.807, 2.05) is 12.1 Å². The maximum Gasteiger partial charge on any atom is 0.288 e. The van der Waals surface area contributed by atoms with Gasteiger partial charge in [0.2, 0.25) is 0 Å². The van der Waals surface area contributed by atoms with Crippen molar-refractivity contribution in [3.8, 4) is 0 Å². The van der Waals surface area contributed by atoms with Crippen LogP contribution in [0.4, 0.5) is 14.5 Å². The van der Waals surface area contributed by atoms with E-state index in [0.717, 1.165) is 18.8 Å². The fourth-order valence-electron chi connectivity index (χ4n) is 1.93. The van der Waals surface area contributed by atoms with Crippen LogP contribution in [0.5, 0.6) is 0 Å². The lowest BCUT2D eigenvalue weighted by Gasteiger charge is -2.12. The van der Waals surface area contributed by atoms with Crippen LogP contribution in [0.2, 0.25) is 0 Å². The molecule has 0 spiro atoms. The Balaban J connectivity index is 1.80. The van der Waals surface area contributed by atoms with Crippen molar-refractivity contribution in [3.05, 3.63) is 24.3 Å². The summed E-state index contributed by atoms with van der Waals surface area (Å²) in [5, 5.41) is 6.71. The van der Waals surface area contributed by atoms with E-state index in [9.17, 15) is 8.78 Å². The summed E-state index contributed by atoms with van der Waals surface area (Å²) in [6.45, 7) is 1.98. The summed E-state index contributed by atoms with van der Waals surface area (Å²) in [5.74, 6) is -2.35. The zero-order valence-corrected chi connectivity index (χ0v) is 10.3. The lowest BCUT2D eigenvalue weighted by molar-refractivity contribution is 0.252. The number of hydrogen-bond donors (Lipinski definition) is 2. The molecule has 94 valence electrons. The highest BCUT2D eigenvalue weighted by molar-refractivity contribution is 7.99. The molecule has 0 aromatic heterocycles. The Kier molecular flexibility index (Phi) is 4.62. The molecular weight excluding hydrogens is 242 g/mol. The van der Waals surface area contributed by atoms with Gasteiger partial charge in [-0.15, -0.1) is 0 Å². The van der Waals surface area contributed by atoms with Crippen molar-refractivity contribution in [2.24, 2.45) is 0 Å². The van der Waals surface area contributed by atoms with Crippen molar-refractivity contribution in [2.75, 3.05) is 18.4 Å². The Morgan fingerprint density at radius 2 is 2.12 bits per heavy atom. The fraction of sp³-hybridized carbons (Fsp3) is 0.500. The van der Waals surface area contributed by atoms with Gasteiger partial charge in [-0.3, -0.25) is 0 Å². The number of anilines is 1. The summed E-state index contributed by atoms with van der Waals surface area (Å²) in [5.41, 5.74) is 0.984. The highest BCUT2D eigenvalue weighted by Crippen LogP contribution is 2.26. The molecule has 0 aliphatic carbocycles. The summed E-state index contributed by atoms with van der Waals surface area (Å²) in [6, 6.07) is 7.67. The van der Waals surface area contributed by atoms with Crippen molar-refractivity contribution in [1.29, 1.82) is 0 Å². The molecule has 2 nitrogen and oxygen atoms in total. The van der Waals surface area contributed by atoms with E-state index >= 15 is 0 Å². The first kappa shape index (κ1) is 12.6. The molecule has 1 heterocycles. The third kappa shape index (κ3) is 4.16. The van der Waals surface area contributed by atoms with Gasteiger partial charge in [0, 0.05) is 23.2 Å². The van der Waals surface area contributed by atoms with Gasteiger partial charge in [-0.2, -0.15) is 8.78 Å². The van der Waals surface area contributed by atoms with Gasteiger partial charge in [0.1, 0.15) is 0 Å². The molecule has 1 aromatic carbocycles. The van der Waals surface area contributed by atoms with Crippen LogP contribution in [0.25, 0.3) is 0 Å². The van der Waals surface area contributed by atoms with E-state index < -0.39 is 5.76 Å². The second-order valence-corrected chi connectivity index (χ2v) is 5.14. The zero-order valence-electron chi connectivity index (χ0n) is 9.46. The lowest BCUT2D eigenvalue weighted by atomic mass is 10.2. The van der Waals surface area contributed by atoms with E-state index in [0.29, 0.717) is 22.7 Å². The summed E-state index contributed by atoms with van der Waals surface area (Å²) in [6.07, 6.45) is 2.43. The van der Waals surface area contributed by atoms with E-state index in [-0.39, 0.29) is 0 Å². The quantitative estimate of drug-likeness (QED) is 0.793. The van der Waals surface area contributed by atoms with Crippen LogP contribution in [0.3, 0.4) is 0 Å². The molecule has 1 saturated heterocycles. The van der Waals surface area contributed by atoms with Crippen molar-refractivity contribution < 1.29 is 8.78 Å². The maximum atomic E-state index is 12.1. The number of alkyl halides is 2. The standard InChI is InChI=1S/C12H16F2N2S/c13-12(14)17-11-5-3-9(4-6-11)16-8-10-2-1-7-15-10/h3-6,10,12,15-16H,1-2,7-8H2. The summed E-state index contributed by atoms with van der Waals surface area (Å²) in [7, 11) is 0.